The Balaban J connectivity index is 1.84. The average molecular weight is 292 g/mol. The molecule has 0 bridgehead atoms. The molecule has 1 fully saturated rings. The number of nitrogens with one attached hydrogen (secondary N) is 2. The molecular formula is C16H24N2O3. The number of ether oxygens (including phenoxy) is 2. The van der Waals surface area contributed by atoms with Crippen molar-refractivity contribution in [3.63, 3.8) is 0 Å². The Labute approximate surface area is 126 Å². The van der Waals surface area contributed by atoms with Crippen molar-refractivity contribution < 1.29 is 14.3 Å². The van der Waals surface area contributed by atoms with Crippen molar-refractivity contribution in [2.75, 3.05) is 33.9 Å². The van der Waals surface area contributed by atoms with Gasteiger partial charge in [0.2, 0.25) is 5.91 Å². The van der Waals surface area contributed by atoms with Crippen LogP contribution in [0.25, 0.3) is 0 Å². The maximum absolute atomic E-state index is 12.1. The first-order chi connectivity index (χ1) is 10.2. The van der Waals surface area contributed by atoms with Gasteiger partial charge < -0.3 is 20.1 Å². The van der Waals surface area contributed by atoms with E-state index < -0.39 is 0 Å². The molecular weight excluding hydrogens is 268 g/mol. The fourth-order valence-corrected chi connectivity index (χ4v) is 2.66. The first kappa shape index (κ1) is 15.6. The first-order valence-corrected chi connectivity index (χ1v) is 7.35. The summed E-state index contributed by atoms with van der Waals surface area (Å²) in [4.78, 5) is 12.1. The van der Waals surface area contributed by atoms with Gasteiger partial charge in [-0.1, -0.05) is 13.0 Å². The summed E-state index contributed by atoms with van der Waals surface area (Å²) in [5, 5.41) is 6.27. The molecule has 2 N–H and O–H groups in total. The molecule has 1 aliphatic rings. The summed E-state index contributed by atoms with van der Waals surface area (Å²) >= 11 is 0. The molecule has 0 aromatic heterocycles. The fourth-order valence-electron chi connectivity index (χ4n) is 2.66. The Morgan fingerprint density at radius 1 is 1.29 bits per heavy atom. The van der Waals surface area contributed by atoms with Gasteiger partial charge in [-0.3, -0.25) is 4.79 Å². The van der Waals surface area contributed by atoms with Gasteiger partial charge in [-0.2, -0.15) is 0 Å². The largest absolute Gasteiger partial charge is 0.493 e. The molecule has 2 rings (SSSR count). The highest BCUT2D eigenvalue weighted by atomic mass is 16.5. The molecule has 5 heteroatoms. The van der Waals surface area contributed by atoms with Gasteiger partial charge in [-0.05, 0) is 36.6 Å². The maximum Gasteiger partial charge on any atom is 0.224 e. The lowest BCUT2D eigenvalue weighted by atomic mass is 9.97. The van der Waals surface area contributed by atoms with Crippen LogP contribution in [0.1, 0.15) is 12.5 Å². The number of carbonyl (C=O) groups is 1. The third-order valence-electron chi connectivity index (χ3n) is 4.02. The second kappa shape index (κ2) is 7.31. The Hall–Kier alpha value is -1.75. The van der Waals surface area contributed by atoms with Gasteiger partial charge in [-0.25, -0.2) is 0 Å². The fraction of sp³-hybridized carbons (Fsp3) is 0.562. The molecule has 0 saturated carbocycles. The minimum absolute atomic E-state index is 0.0930. The number of hydrogen-bond acceptors (Lipinski definition) is 4. The van der Waals surface area contributed by atoms with Crippen LogP contribution in [0, 0.1) is 11.8 Å². The predicted molar refractivity (Wildman–Crippen MR) is 81.8 cm³/mol. The molecule has 1 aromatic carbocycles. The van der Waals surface area contributed by atoms with Crippen molar-refractivity contribution >= 4 is 5.91 Å². The molecule has 0 radical (unpaired) electrons. The molecule has 2 unspecified atom stereocenters. The van der Waals surface area contributed by atoms with Crippen molar-refractivity contribution in [3.8, 4) is 11.5 Å². The molecule has 0 aliphatic carbocycles. The summed E-state index contributed by atoms with van der Waals surface area (Å²) in [6.45, 7) is 4.45. The minimum atomic E-state index is 0.0930. The lowest BCUT2D eigenvalue weighted by molar-refractivity contribution is -0.125. The molecule has 0 spiro atoms. The van der Waals surface area contributed by atoms with Gasteiger partial charge in [0, 0.05) is 13.1 Å². The van der Waals surface area contributed by atoms with E-state index >= 15 is 0 Å². The highest BCUT2D eigenvalue weighted by Gasteiger charge is 2.28. The molecule has 1 saturated heterocycles. The number of hydrogen-bond donors (Lipinski definition) is 2. The quantitative estimate of drug-likeness (QED) is 0.827. The number of methoxy groups -OCH3 is 2. The van der Waals surface area contributed by atoms with Gasteiger partial charge in [0.25, 0.3) is 0 Å². The summed E-state index contributed by atoms with van der Waals surface area (Å²) in [5.41, 5.74) is 1.12. The number of carbonyl (C=O) groups excluding carboxylic acids is 1. The van der Waals surface area contributed by atoms with E-state index in [1.165, 1.54) is 0 Å². The van der Waals surface area contributed by atoms with E-state index in [2.05, 4.69) is 17.6 Å². The lowest BCUT2D eigenvalue weighted by Gasteiger charge is -2.14. The zero-order valence-electron chi connectivity index (χ0n) is 12.9. The van der Waals surface area contributed by atoms with Gasteiger partial charge in [-0.15, -0.1) is 0 Å². The molecule has 1 heterocycles. The Morgan fingerprint density at radius 2 is 2.05 bits per heavy atom. The lowest BCUT2D eigenvalue weighted by Crippen LogP contribution is -2.35. The Kier molecular flexibility index (Phi) is 5.44. The van der Waals surface area contributed by atoms with E-state index in [-0.39, 0.29) is 11.8 Å². The third-order valence-corrected chi connectivity index (χ3v) is 4.02. The van der Waals surface area contributed by atoms with Crippen LogP contribution < -0.4 is 20.1 Å². The Bertz CT molecular complexity index is 490. The zero-order chi connectivity index (χ0) is 15.2. The number of benzene rings is 1. The molecule has 1 amide bonds. The summed E-state index contributed by atoms with van der Waals surface area (Å²) in [6, 6.07) is 5.83. The van der Waals surface area contributed by atoms with E-state index in [0.29, 0.717) is 12.5 Å². The van der Waals surface area contributed by atoms with Crippen molar-refractivity contribution in [2.24, 2.45) is 11.8 Å². The van der Waals surface area contributed by atoms with Crippen LogP contribution in [0.4, 0.5) is 0 Å². The normalized spacial score (nSPS) is 21.1. The SMILES string of the molecule is COc1ccc(CCNC(=O)C2CNCC2C)cc1OC. The Morgan fingerprint density at radius 3 is 2.67 bits per heavy atom. The predicted octanol–water partition coefficient (Wildman–Crippen LogP) is 1.22. The highest BCUT2D eigenvalue weighted by molar-refractivity contribution is 5.79. The van der Waals surface area contributed by atoms with E-state index in [0.717, 1.165) is 36.6 Å². The van der Waals surface area contributed by atoms with Gasteiger partial charge in [0.1, 0.15) is 0 Å². The summed E-state index contributed by atoms with van der Waals surface area (Å²) in [7, 11) is 3.24. The van der Waals surface area contributed by atoms with Crippen molar-refractivity contribution in [1.82, 2.24) is 10.6 Å². The van der Waals surface area contributed by atoms with Crippen LogP contribution in [0.15, 0.2) is 18.2 Å². The van der Waals surface area contributed by atoms with E-state index in [4.69, 9.17) is 9.47 Å². The van der Waals surface area contributed by atoms with Crippen LogP contribution >= 0.6 is 0 Å². The highest BCUT2D eigenvalue weighted by Crippen LogP contribution is 2.27. The smallest absolute Gasteiger partial charge is 0.224 e. The van der Waals surface area contributed by atoms with Gasteiger partial charge >= 0.3 is 0 Å². The molecule has 2 atom stereocenters. The average Bonchev–Trinajstić information content (AvgIpc) is 2.93. The molecule has 21 heavy (non-hydrogen) atoms. The van der Waals surface area contributed by atoms with E-state index in [9.17, 15) is 4.79 Å². The summed E-state index contributed by atoms with van der Waals surface area (Å²) in [6.07, 6.45) is 0.778. The summed E-state index contributed by atoms with van der Waals surface area (Å²) in [5.74, 6) is 2.08. The van der Waals surface area contributed by atoms with Crippen LogP contribution in [-0.4, -0.2) is 39.8 Å². The second-order valence-corrected chi connectivity index (χ2v) is 5.47. The van der Waals surface area contributed by atoms with Crippen LogP contribution in [0.3, 0.4) is 0 Å². The first-order valence-electron chi connectivity index (χ1n) is 7.35. The molecule has 116 valence electrons. The van der Waals surface area contributed by atoms with E-state index in [1.54, 1.807) is 14.2 Å². The number of amides is 1. The standard InChI is InChI=1S/C16H24N2O3/c1-11-9-17-10-13(11)16(19)18-7-6-12-4-5-14(20-2)15(8-12)21-3/h4-5,8,11,13,17H,6-7,9-10H2,1-3H3,(H,18,19). The van der Waals surface area contributed by atoms with Crippen LogP contribution in [0.5, 0.6) is 11.5 Å². The van der Waals surface area contributed by atoms with Gasteiger partial charge in [0.05, 0.1) is 20.1 Å². The minimum Gasteiger partial charge on any atom is -0.493 e. The topological polar surface area (TPSA) is 59.6 Å². The van der Waals surface area contributed by atoms with E-state index in [1.807, 2.05) is 18.2 Å². The van der Waals surface area contributed by atoms with Crippen LogP contribution in [-0.2, 0) is 11.2 Å². The third kappa shape index (κ3) is 3.88. The molecule has 1 aromatic rings. The van der Waals surface area contributed by atoms with Crippen molar-refractivity contribution in [2.45, 2.75) is 13.3 Å². The van der Waals surface area contributed by atoms with Gasteiger partial charge in [0.15, 0.2) is 11.5 Å². The van der Waals surface area contributed by atoms with Crippen molar-refractivity contribution in [3.05, 3.63) is 23.8 Å². The molecule has 1 aliphatic heterocycles. The zero-order valence-corrected chi connectivity index (χ0v) is 12.9. The van der Waals surface area contributed by atoms with Crippen LogP contribution in [0.2, 0.25) is 0 Å². The maximum atomic E-state index is 12.1. The van der Waals surface area contributed by atoms with Crippen molar-refractivity contribution in [1.29, 1.82) is 0 Å². The monoisotopic (exact) mass is 292 g/mol. The second-order valence-electron chi connectivity index (χ2n) is 5.47. The molecule has 5 nitrogen and oxygen atoms in total. The number of rotatable bonds is 6. The summed E-state index contributed by atoms with van der Waals surface area (Å²) < 4.78 is 10.5.